The number of benzene rings is 1. The van der Waals surface area contributed by atoms with Crippen LogP contribution in [0, 0.1) is 13.8 Å². The fourth-order valence-corrected chi connectivity index (χ4v) is 2.14. The van der Waals surface area contributed by atoms with E-state index in [1.54, 1.807) is 6.92 Å². The minimum Gasteiger partial charge on any atom is -0.382 e. The lowest BCUT2D eigenvalue weighted by Crippen LogP contribution is -2.15. The minimum absolute atomic E-state index is 0.0219. The smallest absolute Gasteiger partial charge is 0.253 e. The van der Waals surface area contributed by atoms with E-state index in [0.717, 1.165) is 4.09 Å². The predicted octanol–water partition coefficient (Wildman–Crippen LogP) is 1.97. The summed E-state index contributed by atoms with van der Waals surface area (Å²) in [5.74, 6) is 0.232. The third kappa shape index (κ3) is 4.75. The van der Waals surface area contributed by atoms with E-state index in [1.807, 2.05) is 0 Å². The van der Waals surface area contributed by atoms with Gasteiger partial charge in [-0.05, 0) is 20.8 Å². The number of hydrogen-bond donors (Lipinski definition) is 1. The summed E-state index contributed by atoms with van der Waals surface area (Å²) in [6, 6.07) is 9.89. The summed E-state index contributed by atoms with van der Waals surface area (Å²) < 4.78 is 23.0. The summed E-state index contributed by atoms with van der Waals surface area (Å²) in [6.45, 7) is 5.76. The van der Waals surface area contributed by atoms with Crippen molar-refractivity contribution in [1.82, 2.24) is 9.19 Å². The van der Waals surface area contributed by atoms with Gasteiger partial charge in [0.05, 0.1) is 5.75 Å². The number of hydrogen-bond acceptors (Lipinski definition) is 4. The zero-order valence-corrected chi connectivity index (χ0v) is 12.2. The molecule has 2 aromatic rings. The first kappa shape index (κ1) is 15.2. The molecule has 0 radical (unpaired) electrons. The average molecular weight is 281 g/mol. The van der Waals surface area contributed by atoms with Gasteiger partial charge in [-0.2, -0.15) is 4.09 Å². The molecule has 5 nitrogen and oxygen atoms in total. The first-order valence-corrected chi connectivity index (χ1v) is 7.53. The van der Waals surface area contributed by atoms with Crippen molar-refractivity contribution < 1.29 is 8.42 Å². The van der Waals surface area contributed by atoms with Gasteiger partial charge in [0.1, 0.15) is 5.82 Å². The second kappa shape index (κ2) is 6.38. The standard InChI is InChI=1S/C8H10.C5H9N3O2S/c1-7-4-3-5-8(2)6-7;1-2-11(9,10)8-4-3-5(6)7-8/h3-6H,1-2H3;3-4H,2H2,1H3,(H2,6,7). The van der Waals surface area contributed by atoms with Crippen molar-refractivity contribution in [2.45, 2.75) is 20.8 Å². The number of nitrogen functional groups attached to an aromatic ring is 1. The van der Waals surface area contributed by atoms with Crippen LogP contribution in [0.5, 0.6) is 0 Å². The van der Waals surface area contributed by atoms with Crippen molar-refractivity contribution >= 4 is 15.8 Å². The van der Waals surface area contributed by atoms with Crippen LogP contribution in [-0.4, -0.2) is 23.4 Å². The third-order valence-electron chi connectivity index (χ3n) is 2.41. The Morgan fingerprint density at radius 2 is 1.79 bits per heavy atom. The lowest BCUT2D eigenvalue weighted by atomic mass is 10.2. The van der Waals surface area contributed by atoms with Gasteiger partial charge in [-0.3, -0.25) is 0 Å². The Kier molecular flexibility index (Phi) is 5.11. The number of aromatic nitrogens is 2. The van der Waals surface area contributed by atoms with E-state index in [2.05, 4.69) is 43.2 Å². The van der Waals surface area contributed by atoms with Crippen LogP contribution in [0.3, 0.4) is 0 Å². The van der Waals surface area contributed by atoms with Crippen molar-refractivity contribution in [3.8, 4) is 0 Å². The Balaban J connectivity index is 0.000000200. The molecule has 0 amide bonds. The summed E-state index contributed by atoms with van der Waals surface area (Å²) in [7, 11) is -3.25. The van der Waals surface area contributed by atoms with E-state index in [1.165, 1.54) is 23.4 Å². The molecule has 0 aliphatic carbocycles. The Hall–Kier alpha value is -1.82. The average Bonchev–Trinajstić information content (AvgIpc) is 2.77. The Morgan fingerprint density at radius 3 is 2.11 bits per heavy atom. The molecule has 104 valence electrons. The maximum atomic E-state index is 11.1. The molecular weight excluding hydrogens is 262 g/mol. The van der Waals surface area contributed by atoms with Crippen LogP contribution in [0.15, 0.2) is 36.5 Å². The van der Waals surface area contributed by atoms with Gasteiger partial charge in [0.2, 0.25) is 0 Å². The highest BCUT2D eigenvalue weighted by molar-refractivity contribution is 7.89. The predicted molar refractivity (Wildman–Crippen MR) is 77.4 cm³/mol. The fourth-order valence-electron chi connectivity index (χ4n) is 1.41. The number of aryl methyl sites for hydroxylation is 2. The summed E-state index contributed by atoms with van der Waals surface area (Å²) in [4.78, 5) is 0. The van der Waals surface area contributed by atoms with Crippen LogP contribution in [0.25, 0.3) is 0 Å². The van der Waals surface area contributed by atoms with Crippen molar-refractivity contribution in [3.05, 3.63) is 47.7 Å². The number of anilines is 1. The van der Waals surface area contributed by atoms with Crippen molar-refractivity contribution in [2.24, 2.45) is 0 Å². The first-order valence-electron chi connectivity index (χ1n) is 5.93. The zero-order chi connectivity index (χ0) is 14.5. The molecule has 0 bridgehead atoms. The topological polar surface area (TPSA) is 78.0 Å². The zero-order valence-electron chi connectivity index (χ0n) is 11.4. The molecule has 0 saturated carbocycles. The van der Waals surface area contributed by atoms with Crippen molar-refractivity contribution in [2.75, 3.05) is 11.5 Å². The van der Waals surface area contributed by atoms with Crippen LogP contribution >= 0.6 is 0 Å². The molecule has 19 heavy (non-hydrogen) atoms. The lowest BCUT2D eigenvalue weighted by Gasteiger charge is -1.97. The van der Waals surface area contributed by atoms with Crippen LogP contribution in [-0.2, 0) is 10.0 Å². The van der Waals surface area contributed by atoms with Gasteiger partial charge in [-0.1, -0.05) is 35.4 Å². The maximum absolute atomic E-state index is 11.1. The van der Waals surface area contributed by atoms with Gasteiger partial charge in [0.25, 0.3) is 10.0 Å². The van der Waals surface area contributed by atoms with E-state index in [9.17, 15) is 8.42 Å². The molecular formula is C13H19N3O2S. The molecule has 0 spiro atoms. The SMILES string of the molecule is CCS(=O)(=O)n1ccc(N)n1.Cc1cccc(C)c1. The number of nitrogens with zero attached hydrogens (tertiary/aromatic N) is 2. The summed E-state index contributed by atoms with van der Waals surface area (Å²) in [5.41, 5.74) is 7.91. The monoisotopic (exact) mass is 281 g/mol. The maximum Gasteiger partial charge on any atom is 0.253 e. The molecule has 1 aromatic carbocycles. The molecule has 0 atom stereocenters. The Labute approximate surface area is 114 Å². The Bertz CT molecular complexity index is 616. The van der Waals surface area contributed by atoms with E-state index in [4.69, 9.17) is 5.73 Å². The third-order valence-corrected chi connectivity index (χ3v) is 3.91. The van der Waals surface area contributed by atoms with E-state index in [-0.39, 0.29) is 11.6 Å². The van der Waals surface area contributed by atoms with Crippen LogP contribution in [0.4, 0.5) is 5.82 Å². The van der Waals surface area contributed by atoms with Crippen molar-refractivity contribution in [3.63, 3.8) is 0 Å². The van der Waals surface area contributed by atoms with Gasteiger partial charge in [0, 0.05) is 12.3 Å². The molecule has 1 heterocycles. The van der Waals surface area contributed by atoms with Gasteiger partial charge in [-0.15, -0.1) is 5.10 Å². The highest BCUT2D eigenvalue weighted by Gasteiger charge is 2.09. The van der Waals surface area contributed by atoms with Crippen molar-refractivity contribution in [1.29, 1.82) is 0 Å². The van der Waals surface area contributed by atoms with Crippen LogP contribution in [0.2, 0.25) is 0 Å². The molecule has 0 unspecified atom stereocenters. The minimum atomic E-state index is -3.25. The molecule has 2 N–H and O–H groups in total. The molecule has 6 heteroatoms. The van der Waals surface area contributed by atoms with Crippen LogP contribution in [0.1, 0.15) is 18.1 Å². The Morgan fingerprint density at radius 1 is 1.21 bits per heavy atom. The first-order chi connectivity index (χ1) is 8.85. The van der Waals surface area contributed by atoms with E-state index < -0.39 is 10.0 Å². The van der Waals surface area contributed by atoms with Gasteiger partial charge < -0.3 is 5.73 Å². The number of nitrogens with two attached hydrogens (primary N) is 1. The fraction of sp³-hybridized carbons (Fsp3) is 0.308. The molecule has 0 fully saturated rings. The largest absolute Gasteiger partial charge is 0.382 e. The van der Waals surface area contributed by atoms with E-state index in [0.29, 0.717) is 0 Å². The summed E-state index contributed by atoms with van der Waals surface area (Å²) in [6.07, 6.45) is 1.33. The molecule has 1 aromatic heterocycles. The number of rotatable bonds is 2. The molecule has 0 saturated heterocycles. The molecule has 2 rings (SSSR count). The molecule has 0 aliphatic rings. The quantitative estimate of drug-likeness (QED) is 0.912. The summed E-state index contributed by atoms with van der Waals surface area (Å²) >= 11 is 0. The second-order valence-electron chi connectivity index (χ2n) is 4.17. The van der Waals surface area contributed by atoms with Gasteiger partial charge in [0.15, 0.2) is 0 Å². The second-order valence-corrected chi connectivity index (χ2v) is 6.29. The highest BCUT2D eigenvalue weighted by atomic mass is 32.2. The summed E-state index contributed by atoms with van der Waals surface area (Å²) in [5, 5.41) is 3.56. The molecule has 0 aliphatic heterocycles. The van der Waals surface area contributed by atoms with Crippen LogP contribution < -0.4 is 5.73 Å². The highest BCUT2D eigenvalue weighted by Crippen LogP contribution is 2.00. The normalized spacial score (nSPS) is 10.7. The van der Waals surface area contributed by atoms with E-state index >= 15 is 0 Å². The van der Waals surface area contributed by atoms with Gasteiger partial charge in [-0.25, -0.2) is 8.42 Å². The van der Waals surface area contributed by atoms with Gasteiger partial charge >= 0.3 is 0 Å². The lowest BCUT2D eigenvalue weighted by molar-refractivity contribution is 0.581.